The van der Waals surface area contributed by atoms with Gasteiger partial charge >= 0.3 is 0 Å². The molecule has 160 valence electrons. The SMILES string of the molecule is Cc1ccc(-n2cccc2[C@H]2[C@H](c3ccccn3)NC(=S)N2C[C@@H]2CCCO2)cc1C. The van der Waals surface area contributed by atoms with E-state index < -0.39 is 0 Å². The van der Waals surface area contributed by atoms with Gasteiger partial charge in [0.05, 0.1) is 23.9 Å². The van der Waals surface area contributed by atoms with Gasteiger partial charge in [-0.05, 0) is 86.4 Å². The molecule has 2 aliphatic rings. The number of aromatic nitrogens is 2. The molecule has 2 aromatic heterocycles. The highest BCUT2D eigenvalue weighted by Crippen LogP contribution is 2.40. The summed E-state index contributed by atoms with van der Waals surface area (Å²) < 4.78 is 8.25. The standard InChI is InChI=1S/C25H28N4OS/c1-17-10-11-19(15-18(17)2)28-13-5-9-22(28)24-23(21-8-3-4-12-26-21)27-25(31)29(24)16-20-7-6-14-30-20/h3-5,8-13,15,20,23-24H,6-7,14,16H2,1-2H3,(H,27,31)/t20-,23-,24-/m0/s1. The van der Waals surface area contributed by atoms with Gasteiger partial charge in [-0.15, -0.1) is 0 Å². The topological polar surface area (TPSA) is 42.3 Å². The maximum absolute atomic E-state index is 5.96. The van der Waals surface area contributed by atoms with Crippen molar-refractivity contribution in [1.82, 2.24) is 19.8 Å². The fourth-order valence-electron chi connectivity index (χ4n) is 4.68. The lowest BCUT2D eigenvalue weighted by Gasteiger charge is -2.30. The Hall–Kier alpha value is -2.70. The summed E-state index contributed by atoms with van der Waals surface area (Å²) in [6.45, 7) is 5.94. The number of nitrogens with one attached hydrogen (secondary N) is 1. The minimum atomic E-state index is -0.0182. The van der Waals surface area contributed by atoms with Crippen LogP contribution in [0.2, 0.25) is 0 Å². The second-order valence-corrected chi connectivity index (χ2v) is 8.87. The number of thiocarbonyl (C=S) groups is 1. The van der Waals surface area contributed by atoms with E-state index >= 15 is 0 Å². The van der Waals surface area contributed by atoms with Gasteiger partial charge in [-0.25, -0.2) is 0 Å². The molecule has 2 fully saturated rings. The summed E-state index contributed by atoms with van der Waals surface area (Å²) in [7, 11) is 0. The Bertz CT molecular complexity index is 1070. The predicted molar refractivity (Wildman–Crippen MR) is 126 cm³/mol. The van der Waals surface area contributed by atoms with Crippen LogP contribution in [0.25, 0.3) is 5.69 Å². The molecule has 0 saturated carbocycles. The number of nitrogens with zero attached hydrogens (tertiary/aromatic N) is 3. The average molecular weight is 433 g/mol. The molecule has 0 unspecified atom stereocenters. The number of hydrogen-bond acceptors (Lipinski definition) is 3. The molecule has 2 aliphatic heterocycles. The number of benzene rings is 1. The van der Waals surface area contributed by atoms with Crippen molar-refractivity contribution < 1.29 is 4.74 Å². The highest BCUT2D eigenvalue weighted by Gasteiger charge is 2.42. The lowest BCUT2D eigenvalue weighted by atomic mass is 10.0. The van der Waals surface area contributed by atoms with Crippen molar-refractivity contribution >= 4 is 17.3 Å². The fraction of sp³-hybridized carbons (Fsp3) is 0.360. The Morgan fingerprint density at radius 1 is 1.13 bits per heavy atom. The van der Waals surface area contributed by atoms with Crippen molar-refractivity contribution in [3.8, 4) is 5.69 Å². The van der Waals surface area contributed by atoms with Crippen molar-refractivity contribution in [2.24, 2.45) is 0 Å². The van der Waals surface area contributed by atoms with Crippen LogP contribution in [-0.2, 0) is 4.74 Å². The molecular formula is C25H28N4OS. The Morgan fingerprint density at radius 2 is 2.03 bits per heavy atom. The van der Waals surface area contributed by atoms with E-state index in [4.69, 9.17) is 17.0 Å². The quantitative estimate of drug-likeness (QED) is 0.595. The van der Waals surface area contributed by atoms with Gasteiger partial charge in [-0.1, -0.05) is 12.1 Å². The van der Waals surface area contributed by atoms with E-state index in [2.05, 4.69) is 76.2 Å². The number of hydrogen-bond donors (Lipinski definition) is 1. The monoisotopic (exact) mass is 432 g/mol. The van der Waals surface area contributed by atoms with Gasteiger partial charge in [0, 0.05) is 36.9 Å². The third-order valence-electron chi connectivity index (χ3n) is 6.47. The van der Waals surface area contributed by atoms with E-state index in [0.29, 0.717) is 0 Å². The molecule has 4 heterocycles. The van der Waals surface area contributed by atoms with Crippen LogP contribution in [0.1, 0.15) is 47.4 Å². The zero-order valence-corrected chi connectivity index (χ0v) is 18.8. The summed E-state index contributed by atoms with van der Waals surface area (Å²) in [5.74, 6) is 0. The summed E-state index contributed by atoms with van der Waals surface area (Å²) in [5.41, 5.74) is 5.95. The molecular weight excluding hydrogens is 404 g/mol. The fourth-order valence-corrected chi connectivity index (χ4v) is 4.99. The van der Waals surface area contributed by atoms with E-state index in [0.717, 1.165) is 42.5 Å². The van der Waals surface area contributed by atoms with Gasteiger partial charge in [-0.2, -0.15) is 0 Å². The molecule has 3 atom stereocenters. The second-order valence-electron chi connectivity index (χ2n) is 8.49. The van der Waals surface area contributed by atoms with E-state index in [-0.39, 0.29) is 18.2 Å². The summed E-state index contributed by atoms with van der Waals surface area (Å²) in [6.07, 6.45) is 6.40. The smallest absolute Gasteiger partial charge is 0.170 e. The summed E-state index contributed by atoms with van der Waals surface area (Å²) >= 11 is 5.82. The molecule has 0 amide bonds. The second kappa shape index (κ2) is 8.44. The maximum Gasteiger partial charge on any atom is 0.170 e. The third kappa shape index (κ3) is 3.86. The van der Waals surface area contributed by atoms with Crippen LogP contribution in [0.4, 0.5) is 0 Å². The van der Waals surface area contributed by atoms with Gasteiger partial charge in [-0.3, -0.25) is 4.98 Å². The first-order chi connectivity index (χ1) is 15.1. The molecule has 31 heavy (non-hydrogen) atoms. The largest absolute Gasteiger partial charge is 0.376 e. The highest BCUT2D eigenvalue weighted by atomic mass is 32.1. The van der Waals surface area contributed by atoms with E-state index in [9.17, 15) is 0 Å². The number of pyridine rings is 1. The summed E-state index contributed by atoms with van der Waals surface area (Å²) in [5, 5.41) is 4.33. The average Bonchev–Trinajstić information content (AvgIpc) is 3.52. The molecule has 0 bridgehead atoms. The molecule has 6 heteroatoms. The van der Waals surface area contributed by atoms with Crippen molar-refractivity contribution in [2.45, 2.75) is 44.9 Å². The Morgan fingerprint density at radius 3 is 2.77 bits per heavy atom. The van der Waals surface area contributed by atoms with E-state index in [1.165, 1.54) is 16.8 Å². The molecule has 5 rings (SSSR count). The minimum Gasteiger partial charge on any atom is -0.376 e. The number of ether oxygens (including phenoxy) is 1. The molecule has 0 aliphatic carbocycles. The third-order valence-corrected chi connectivity index (χ3v) is 6.83. The minimum absolute atomic E-state index is 0.0182. The van der Waals surface area contributed by atoms with Crippen LogP contribution in [0.3, 0.4) is 0 Å². The first-order valence-electron chi connectivity index (χ1n) is 11.0. The van der Waals surface area contributed by atoms with Gasteiger partial charge in [0.15, 0.2) is 5.11 Å². The lowest BCUT2D eigenvalue weighted by molar-refractivity contribution is 0.0836. The van der Waals surface area contributed by atoms with Crippen LogP contribution < -0.4 is 5.32 Å². The summed E-state index contributed by atoms with van der Waals surface area (Å²) in [6, 6.07) is 17.0. The zero-order chi connectivity index (χ0) is 21.4. The number of rotatable bonds is 5. The molecule has 0 spiro atoms. The Labute approximate surface area is 189 Å². The van der Waals surface area contributed by atoms with Crippen LogP contribution >= 0.6 is 12.2 Å². The Kier molecular flexibility index (Phi) is 5.50. The van der Waals surface area contributed by atoms with Crippen LogP contribution in [0, 0.1) is 13.8 Å². The van der Waals surface area contributed by atoms with Crippen LogP contribution in [0.15, 0.2) is 60.9 Å². The molecule has 1 aromatic carbocycles. The zero-order valence-electron chi connectivity index (χ0n) is 18.0. The molecule has 1 N–H and O–H groups in total. The van der Waals surface area contributed by atoms with Gasteiger partial charge in [0.2, 0.25) is 0 Å². The van der Waals surface area contributed by atoms with Crippen molar-refractivity contribution in [3.05, 3.63) is 83.4 Å². The van der Waals surface area contributed by atoms with Gasteiger partial charge < -0.3 is 19.5 Å². The van der Waals surface area contributed by atoms with Crippen molar-refractivity contribution in [1.29, 1.82) is 0 Å². The molecule has 2 saturated heterocycles. The van der Waals surface area contributed by atoms with E-state index in [1.54, 1.807) is 0 Å². The van der Waals surface area contributed by atoms with Crippen molar-refractivity contribution in [3.63, 3.8) is 0 Å². The normalized spacial score (nSPS) is 23.4. The van der Waals surface area contributed by atoms with Gasteiger partial charge in [0.1, 0.15) is 0 Å². The predicted octanol–water partition coefficient (Wildman–Crippen LogP) is 4.64. The van der Waals surface area contributed by atoms with Crippen molar-refractivity contribution in [2.75, 3.05) is 13.2 Å². The summed E-state index contributed by atoms with van der Waals surface area (Å²) in [4.78, 5) is 6.96. The van der Waals surface area contributed by atoms with Gasteiger partial charge in [0.25, 0.3) is 0 Å². The van der Waals surface area contributed by atoms with Crippen LogP contribution in [-0.4, -0.2) is 38.8 Å². The van der Waals surface area contributed by atoms with E-state index in [1.807, 2.05) is 18.3 Å². The molecule has 3 aromatic rings. The first kappa shape index (κ1) is 20.2. The lowest BCUT2D eigenvalue weighted by Crippen LogP contribution is -2.36. The molecule has 0 radical (unpaired) electrons. The number of aryl methyl sites for hydroxylation is 2. The molecule has 5 nitrogen and oxygen atoms in total. The van der Waals surface area contributed by atoms with Crippen LogP contribution in [0.5, 0.6) is 0 Å². The first-order valence-corrected chi connectivity index (χ1v) is 11.4. The highest BCUT2D eigenvalue weighted by molar-refractivity contribution is 7.80. The maximum atomic E-state index is 5.96. The Balaban J connectivity index is 1.57.